The highest BCUT2D eigenvalue weighted by atomic mass is 32.2. The summed E-state index contributed by atoms with van der Waals surface area (Å²) in [6, 6.07) is 10.1. The van der Waals surface area contributed by atoms with Crippen LogP contribution >= 0.6 is 0 Å². The summed E-state index contributed by atoms with van der Waals surface area (Å²) >= 11 is 0. The van der Waals surface area contributed by atoms with Crippen LogP contribution in [0.3, 0.4) is 0 Å². The summed E-state index contributed by atoms with van der Waals surface area (Å²) in [7, 11) is -3.58. The van der Waals surface area contributed by atoms with Crippen molar-refractivity contribution in [1.82, 2.24) is 19.5 Å². The van der Waals surface area contributed by atoms with E-state index in [0.29, 0.717) is 17.1 Å². The third-order valence-electron chi connectivity index (χ3n) is 5.90. The van der Waals surface area contributed by atoms with Crippen molar-refractivity contribution in [3.8, 4) is 11.4 Å². The van der Waals surface area contributed by atoms with Crippen LogP contribution in [0, 0.1) is 5.82 Å². The van der Waals surface area contributed by atoms with E-state index in [0.717, 1.165) is 50.9 Å². The highest BCUT2D eigenvalue weighted by molar-refractivity contribution is 7.89. The van der Waals surface area contributed by atoms with Gasteiger partial charge in [0.05, 0.1) is 10.5 Å². The van der Waals surface area contributed by atoms with Gasteiger partial charge < -0.3 is 9.88 Å². The summed E-state index contributed by atoms with van der Waals surface area (Å²) in [5.74, 6) is 0.442. The van der Waals surface area contributed by atoms with Crippen LogP contribution < -0.4 is 10.0 Å². The van der Waals surface area contributed by atoms with Gasteiger partial charge in [0.1, 0.15) is 11.6 Å². The second kappa shape index (κ2) is 8.68. The molecule has 1 aliphatic heterocycles. The summed E-state index contributed by atoms with van der Waals surface area (Å²) in [4.78, 5) is 12.8. The number of aromatic nitrogens is 3. The fourth-order valence-electron chi connectivity index (χ4n) is 3.94. The number of hydrogen-bond donors (Lipinski definition) is 2. The van der Waals surface area contributed by atoms with Crippen molar-refractivity contribution in [2.24, 2.45) is 0 Å². The predicted octanol–water partition coefficient (Wildman–Crippen LogP) is 3.50. The Kier molecular flexibility index (Phi) is 5.71. The number of rotatable bonds is 6. The lowest BCUT2D eigenvalue weighted by Crippen LogP contribution is -2.25. The average Bonchev–Trinajstić information content (AvgIpc) is 3.57. The molecule has 0 spiro atoms. The smallest absolute Gasteiger partial charge is 0.255 e. The van der Waals surface area contributed by atoms with Crippen LogP contribution in [-0.2, 0) is 23.0 Å². The molecule has 0 saturated heterocycles. The molecule has 1 saturated carbocycles. The van der Waals surface area contributed by atoms with Gasteiger partial charge in [0.2, 0.25) is 10.0 Å². The van der Waals surface area contributed by atoms with Gasteiger partial charge in [-0.1, -0.05) is 6.42 Å². The van der Waals surface area contributed by atoms with Crippen molar-refractivity contribution < 1.29 is 17.6 Å². The molecule has 172 valence electrons. The Morgan fingerprint density at radius 2 is 1.82 bits per heavy atom. The van der Waals surface area contributed by atoms with Crippen molar-refractivity contribution in [2.45, 2.75) is 56.0 Å². The minimum atomic E-state index is -3.58. The number of amides is 1. The molecule has 3 aromatic rings. The summed E-state index contributed by atoms with van der Waals surface area (Å²) in [5, 5.41) is 11.2. The average molecular weight is 470 g/mol. The highest BCUT2D eigenvalue weighted by Crippen LogP contribution is 2.28. The molecule has 2 aromatic carbocycles. The first-order chi connectivity index (χ1) is 15.9. The van der Waals surface area contributed by atoms with E-state index in [1.807, 2.05) is 4.57 Å². The maximum Gasteiger partial charge on any atom is 0.255 e. The number of fused-ring (bicyclic) bond motifs is 1. The topological polar surface area (TPSA) is 106 Å². The lowest BCUT2D eigenvalue weighted by molar-refractivity contribution is 0.102. The zero-order valence-corrected chi connectivity index (χ0v) is 18.7. The van der Waals surface area contributed by atoms with E-state index in [9.17, 15) is 17.6 Å². The number of halogens is 1. The van der Waals surface area contributed by atoms with E-state index in [1.54, 1.807) is 6.07 Å². The number of sulfonamides is 1. The predicted molar refractivity (Wildman–Crippen MR) is 121 cm³/mol. The molecule has 2 heterocycles. The van der Waals surface area contributed by atoms with Gasteiger partial charge in [-0.05, 0) is 68.1 Å². The van der Waals surface area contributed by atoms with E-state index in [2.05, 4.69) is 20.2 Å². The molecule has 1 aromatic heterocycles. The zero-order chi connectivity index (χ0) is 23.0. The van der Waals surface area contributed by atoms with Crippen LogP contribution in [-0.4, -0.2) is 35.1 Å². The zero-order valence-electron chi connectivity index (χ0n) is 17.9. The summed E-state index contributed by atoms with van der Waals surface area (Å²) in [6.07, 6.45) is 5.62. The minimum absolute atomic E-state index is 0.00547. The van der Waals surface area contributed by atoms with Gasteiger partial charge in [-0.2, -0.15) is 0 Å². The van der Waals surface area contributed by atoms with Gasteiger partial charge in [-0.25, -0.2) is 17.5 Å². The third kappa shape index (κ3) is 4.67. The van der Waals surface area contributed by atoms with Gasteiger partial charge in [0.15, 0.2) is 5.82 Å². The monoisotopic (exact) mass is 469 g/mol. The van der Waals surface area contributed by atoms with Gasteiger partial charge in [0.25, 0.3) is 5.91 Å². The van der Waals surface area contributed by atoms with E-state index < -0.39 is 21.7 Å². The van der Waals surface area contributed by atoms with E-state index in [4.69, 9.17) is 0 Å². The molecule has 0 unspecified atom stereocenters. The van der Waals surface area contributed by atoms with Crippen LogP contribution in [0.2, 0.25) is 0 Å². The maximum atomic E-state index is 14.7. The molecule has 5 rings (SSSR count). The van der Waals surface area contributed by atoms with Crippen LogP contribution in [0.1, 0.15) is 48.3 Å². The maximum absolute atomic E-state index is 14.7. The molecular formula is C23H24FN5O3S. The molecule has 1 fully saturated rings. The van der Waals surface area contributed by atoms with Crippen molar-refractivity contribution in [3.05, 3.63) is 59.7 Å². The van der Waals surface area contributed by atoms with Gasteiger partial charge in [0, 0.05) is 30.3 Å². The Morgan fingerprint density at radius 3 is 2.58 bits per heavy atom. The normalized spacial score (nSPS) is 16.2. The third-order valence-corrected chi connectivity index (χ3v) is 7.44. The summed E-state index contributed by atoms with van der Waals surface area (Å²) in [5.41, 5.74) is 0.984. The fraction of sp³-hybridized carbons (Fsp3) is 0.348. The van der Waals surface area contributed by atoms with Crippen LogP contribution in [0.15, 0.2) is 47.4 Å². The second-order valence-corrected chi connectivity index (χ2v) is 10.2. The number of nitrogens with one attached hydrogen (secondary N) is 2. The van der Waals surface area contributed by atoms with Crippen molar-refractivity contribution in [2.75, 3.05) is 5.32 Å². The molecule has 10 heteroatoms. The van der Waals surface area contributed by atoms with E-state index in [1.165, 1.54) is 36.4 Å². The molecular weight excluding hydrogens is 445 g/mol. The Bertz CT molecular complexity index is 1300. The first-order valence-corrected chi connectivity index (χ1v) is 12.5. The van der Waals surface area contributed by atoms with E-state index >= 15 is 0 Å². The van der Waals surface area contributed by atoms with Crippen LogP contribution in [0.5, 0.6) is 0 Å². The molecule has 0 radical (unpaired) electrons. The fourth-order valence-corrected chi connectivity index (χ4v) is 5.24. The van der Waals surface area contributed by atoms with Gasteiger partial charge in [-0.15, -0.1) is 10.2 Å². The number of benzene rings is 2. The number of aryl methyl sites for hydroxylation is 1. The lowest BCUT2D eigenvalue weighted by atomic mass is 10.1. The number of carbonyl (C=O) groups is 1. The SMILES string of the molecule is O=C(Nc1ccc(F)c(-c2nnc3n2CCCCC3)c1)c1ccc(S(=O)(=O)NC2CC2)cc1. The first kappa shape index (κ1) is 21.7. The lowest BCUT2D eigenvalue weighted by Gasteiger charge is -2.11. The number of carbonyl (C=O) groups excluding carboxylic acids is 1. The minimum Gasteiger partial charge on any atom is -0.322 e. The van der Waals surface area contributed by atoms with Gasteiger partial charge >= 0.3 is 0 Å². The van der Waals surface area contributed by atoms with Crippen LogP contribution in [0.4, 0.5) is 10.1 Å². The summed E-state index contributed by atoms with van der Waals surface area (Å²) in [6.45, 7) is 0.735. The Balaban J connectivity index is 1.35. The number of nitrogens with zero attached hydrogens (tertiary/aromatic N) is 3. The Morgan fingerprint density at radius 1 is 1.03 bits per heavy atom. The molecule has 2 N–H and O–H groups in total. The molecule has 0 atom stereocenters. The molecule has 8 nitrogen and oxygen atoms in total. The standard InChI is InChI=1S/C23H24FN5O3S/c24-20-12-9-17(14-19(20)22-27-26-21-4-2-1-3-13-29(21)22)25-23(30)15-5-10-18(11-6-15)33(31,32)28-16-7-8-16/h5-6,9-12,14,16,28H,1-4,7-8,13H2,(H,25,30). The van der Waals surface area contributed by atoms with Crippen molar-refractivity contribution in [3.63, 3.8) is 0 Å². The first-order valence-electron chi connectivity index (χ1n) is 11.1. The molecule has 1 aliphatic carbocycles. The molecule has 1 amide bonds. The molecule has 0 bridgehead atoms. The van der Waals surface area contributed by atoms with Gasteiger partial charge in [-0.3, -0.25) is 4.79 Å². The molecule has 2 aliphatic rings. The number of anilines is 1. The largest absolute Gasteiger partial charge is 0.322 e. The second-order valence-electron chi connectivity index (χ2n) is 8.47. The quantitative estimate of drug-likeness (QED) is 0.575. The van der Waals surface area contributed by atoms with Crippen molar-refractivity contribution >= 4 is 21.6 Å². The van der Waals surface area contributed by atoms with Crippen LogP contribution in [0.25, 0.3) is 11.4 Å². The highest BCUT2D eigenvalue weighted by Gasteiger charge is 2.28. The van der Waals surface area contributed by atoms with Crippen molar-refractivity contribution in [1.29, 1.82) is 0 Å². The Hall–Kier alpha value is -3.11. The Labute approximate surface area is 191 Å². The summed E-state index contributed by atoms with van der Waals surface area (Å²) < 4.78 is 43.8. The van der Waals surface area contributed by atoms with E-state index in [-0.39, 0.29) is 16.5 Å². The number of hydrogen-bond acceptors (Lipinski definition) is 5. The molecule has 33 heavy (non-hydrogen) atoms.